The average molecular weight is 297 g/mol. The van der Waals surface area contributed by atoms with Crippen LogP contribution in [0.25, 0.3) is 0 Å². The lowest BCUT2D eigenvalue weighted by Gasteiger charge is -2.40. The molecule has 1 aliphatic heterocycles. The normalized spacial score (nSPS) is 27.4. The lowest BCUT2D eigenvalue weighted by Crippen LogP contribution is -2.54. The molecule has 0 saturated carbocycles. The van der Waals surface area contributed by atoms with E-state index in [2.05, 4.69) is 5.32 Å². The van der Waals surface area contributed by atoms with E-state index in [1.54, 1.807) is 11.3 Å². The molecule has 0 unspecified atom stereocenters. The van der Waals surface area contributed by atoms with Crippen molar-refractivity contribution in [2.45, 2.75) is 45.8 Å². The first-order valence-corrected chi connectivity index (χ1v) is 7.81. The lowest BCUT2D eigenvalue weighted by atomic mass is 9.83. The molecule has 4 nitrogen and oxygen atoms in total. The summed E-state index contributed by atoms with van der Waals surface area (Å²) in [6, 6.07) is 1.98. The fourth-order valence-corrected chi connectivity index (χ4v) is 3.07. The second-order valence-corrected chi connectivity index (χ2v) is 7.58. The van der Waals surface area contributed by atoms with Gasteiger partial charge in [0.2, 0.25) is 0 Å². The summed E-state index contributed by atoms with van der Waals surface area (Å²) in [6.07, 6.45) is 0.00242. The Bertz CT molecular complexity index is 492. The van der Waals surface area contributed by atoms with Gasteiger partial charge in [-0.3, -0.25) is 4.79 Å². The van der Waals surface area contributed by atoms with Crippen molar-refractivity contribution in [2.75, 3.05) is 13.1 Å². The number of aryl methyl sites for hydroxylation is 1. The van der Waals surface area contributed by atoms with Gasteiger partial charge in [0.05, 0.1) is 5.41 Å². The number of thiophene rings is 1. The van der Waals surface area contributed by atoms with E-state index in [1.165, 1.54) is 0 Å². The first kappa shape index (κ1) is 15.5. The number of nitrogens with one attached hydrogen (secondary N) is 1. The predicted octanol–water partition coefficient (Wildman–Crippen LogP) is 2.20. The Balaban J connectivity index is 2.23. The second kappa shape index (κ2) is 5.47. The molecule has 1 aromatic rings. The van der Waals surface area contributed by atoms with Gasteiger partial charge < -0.3 is 15.2 Å². The van der Waals surface area contributed by atoms with E-state index in [-0.39, 0.29) is 5.97 Å². The minimum absolute atomic E-state index is 0.281. The summed E-state index contributed by atoms with van der Waals surface area (Å²) in [6.45, 7) is 8.66. The van der Waals surface area contributed by atoms with Crippen molar-refractivity contribution in [1.29, 1.82) is 0 Å². The first-order chi connectivity index (χ1) is 9.23. The molecule has 2 heterocycles. The van der Waals surface area contributed by atoms with Crippen molar-refractivity contribution < 1.29 is 14.6 Å². The second-order valence-electron chi connectivity index (χ2n) is 6.47. The van der Waals surface area contributed by atoms with Crippen molar-refractivity contribution in [1.82, 2.24) is 5.32 Å². The fourth-order valence-electron chi connectivity index (χ4n) is 2.29. The summed E-state index contributed by atoms with van der Waals surface area (Å²) in [4.78, 5) is 13.2. The van der Waals surface area contributed by atoms with E-state index in [0.29, 0.717) is 13.0 Å². The van der Waals surface area contributed by atoms with E-state index in [0.717, 1.165) is 17.0 Å². The van der Waals surface area contributed by atoms with Gasteiger partial charge in [-0.15, -0.1) is 11.3 Å². The van der Waals surface area contributed by atoms with Gasteiger partial charge in [0.15, 0.2) is 0 Å². The molecule has 2 atom stereocenters. The number of carbonyl (C=O) groups is 1. The van der Waals surface area contributed by atoms with Crippen LogP contribution in [0.2, 0.25) is 0 Å². The molecule has 0 bridgehead atoms. The monoisotopic (exact) mass is 297 g/mol. The number of hydrogen-bond acceptors (Lipinski definition) is 5. The van der Waals surface area contributed by atoms with E-state index >= 15 is 0 Å². The molecule has 20 heavy (non-hydrogen) atoms. The summed E-state index contributed by atoms with van der Waals surface area (Å²) < 4.78 is 5.59. The summed E-state index contributed by atoms with van der Waals surface area (Å²) in [5, 5.41) is 16.2. The number of rotatable bonds is 2. The van der Waals surface area contributed by atoms with E-state index in [4.69, 9.17) is 4.74 Å². The van der Waals surface area contributed by atoms with Crippen molar-refractivity contribution >= 4 is 17.3 Å². The van der Waals surface area contributed by atoms with Crippen molar-refractivity contribution in [3.8, 4) is 0 Å². The van der Waals surface area contributed by atoms with Crippen LogP contribution in [0.1, 0.15) is 37.6 Å². The molecule has 1 saturated heterocycles. The molecular formula is C15H23NO3S. The maximum atomic E-state index is 12.1. The Morgan fingerprint density at radius 3 is 2.80 bits per heavy atom. The van der Waals surface area contributed by atoms with Gasteiger partial charge in [-0.25, -0.2) is 0 Å². The molecule has 1 aromatic heterocycles. The molecule has 2 N–H and O–H groups in total. The van der Waals surface area contributed by atoms with Crippen LogP contribution in [0.5, 0.6) is 0 Å². The molecule has 1 aliphatic rings. The highest BCUT2D eigenvalue weighted by atomic mass is 32.1. The number of piperidine rings is 1. The fraction of sp³-hybridized carbons (Fsp3) is 0.667. The van der Waals surface area contributed by atoms with Gasteiger partial charge in [-0.2, -0.15) is 0 Å². The third-order valence-corrected chi connectivity index (χ3v) is 4.50. The first-order valence-electron chi connectivity index (χ1n) is 6.93. The van der Waals surface area contributed by atoms with Crippen LogP contribution in [0, 0.1) is 12.3 Å². The number of aliphatic hydroxyl groups is 1. The topological polar surface area (TPSA) is 58.6 Å². The summed E-state index contributed by atoms with van der Waals surface area (Å²) >= 11 is 1.60. The van der Waals surface area contributed by atoms with Gasteiger partial charge in [0.25, 0.3) is 0 Å². The molecule has 112 valence electrons. The number of hydrogen-bond donors (Lipinski definition) is 2. The van der Waals surface area contributed by atoms with Crippen molar-refractivity contribution in [3.05, 3.63) is 21.9 Å². The highest BCUT2D eigenvalue weighted by Crippen LogP contribution is 2.36. The van der Waals surface area contributed by atoms with Crippen LogP contribution in [0.4, 0.5) is 0 Å². The van der Waals surface area contributed by atoms with Crippen LogP contribution in [-0.2, 0) is 15.1 Å². The van der Waals surface area contributed by atoms with Crippen LogP contribution in [-0.4, -0.2) is 30.3 Å². The van der Waals surface area contributed by atoms with E-state index in [9.17, 15) is 9.90 Å². The Labute approximate surface area is 124 Å². The van der Waals surface area contributed by atoms with Crippen molar-refractivity contribution in [2.24, 2.45) is 5.41 Å². The summed E-state index contributed by atoms with van der Waals surface area (Å²) in [5.74, 6) is -0.281. The predicted molar refractivity (Wildman–Crippen MR) is 79.8 cm³/mol. The Morgan fingerprint density at radius 1 is 1.55 bits per heavy atom. The molecule has 0 aromatic carbocycles. The minimum atomic E-state index is -1.09. The van der Waals surface area contributed by atoms with Crippen LogP contribution < -0.4 is 5.32 Å². The molecule has 0 spiro atoms. The van der Waals surface area contributed by atoms with Gasteiger partial charge in [-0.05, 0) is 57.7 Å². The molecule has 1 fully saturated rings. The maximum absolute atomic E-state index is 12.1. The summed E-state index contributed by atoms with van der Waals surface area (Å²) in [5.41, 5.74) is -0.798. The smallest absolute Gasteiger partial charge is 0.311 e. The number of esters is 1. The number of carbonyl (C=O) groups excluding carboxylic acids is 1. The zero-order valence-corrected chi connectivity index (χ0v) is 13.3. The van der Waals surface area contributed by atoms with Crippen molar-refractivity contribution in [3.63, 3.8) is 0 Å². The average Bonchev–Trinajstić information content (AvgIpc) is 2.78. The molecule has 0 aliphatic carbocycles. The third-order valence-electron chi connectivity index (χ3n) is 3.64. The lowest BCUT2D eigenvalue weighted by molar-refractivity contribution is -0.179. The number of ether oxygens (including phenoxy) is 1. The zero-order valence-electron chi connectivity index (χ0n) is 12.5. The van der Waals surface area contributed by atoms with E-state index < -0.39 is 17.1 Å². The van der Waals surface area contributed by atoms with E-state index in [1.807, 2.05) is 39.1 Å². The minimum Gasteiger partial charge on any atom is -0.457 e. The highest BCUT2D eigenvalue weighted by molar-refractivity contribution is 7.10. The quantitative estimate of drug-likeness (QED) is 0.822. The summed E-state index contributed by atoms with van der Waals surface area (Å²) in [7, 11) is 0. The maximum Gasteiger partial charge on any atom is 0.311 e. The van der Waals surface area contributed by atoms with Gasteiger partial charge in [-0.1, -0.05) is 0 Å². The molecule has 2 rings (SSSR count). The van der Waals surface area contributed by atoms with Gasteiger partial charge in [0, 0.05) is 11.4 Å². The molecule has 5 heteroatoms. The molecular weight excluding hydrogens is 274 g/mol. The van der Waals surface area contributed by atoms with Crippen LogP contribution in [0.15, 0.2) is 11.4 Å². The molecule has 0 radical (unpaired) electrons. The Kier molecular flexibility index (Phi) is 4.23. The zero-order chi connectivity index (χ0) is 15.0. The Morgan fingerprint density at radius 2 is 2.25 bits per heavy atom. The SMILES string of the molecule is Cc1cc([C@@]2(O)CCNC[C@@H]2OC(=O)C(C)(C)C)cs1. The Hall–Kier alpha value is -0.910. The van der Waals surface area contributed by atoms with Gasteiger partial charge >= 0.3 is 5.97 Å². The third kappa shape index (κ3) is 3.05. The van der Waals surface area contributed by atoms with Crippen LogP contribution in [0.3, 0.4) is 0 Å². The van der Waals surface area contributed by atoms with Gasteiger partial charge in [0.1, 0.15) is 11.7 Å². The standard InChI is InChI=1S/C15H23NO3S/c1-10-7-11(9-20-10)15(18)5-6-16-8-12(15)19-13(17)14(2,3)4/h7,9,12,16,18H,5-6,8H2,1-4H3/t12-,15-/m0/s1. The highest BCUT2D eigenvalue weighted by Gasteiger charge is 2.44. The van der Waals surface area contributed by atoms with Crippen LogP contribution >= 0.6 is 11.3 Å². The molecule has 0 amide bonds. The largest absolute Gasteiger partial charge is 0.457 e.